The Balaban J connectivity index is 2.01. The SMILES string of the molecule is CNC(=O)SCc1cccc(Oc2ccccc2)c1. The van der Waals surface area contributed by atoms with Gasteiger partial charge >= 0.3 is 0 Å². The van der Waals surface area contributed by atoms with Gasteiger partial charge in [-0.3, -0.25) is 4.79 Å². The fourth-order valence-electron chi connectivity index (χ4n) is 1.54. The minimum Gasteiger partial charge on any atom is -0.457 e. The lowest BCUT2D eigenvalue weighted by Crippen LogP contribution is -2.11. The normalized spacial score (nSPS) is 9.95. The Morgan fingerprint density at radius 3 is 2.58 bits per heavy atom. The molecule has 2 rings (SSSR count). The second-order valence-electron chi connectivity index (χ2n) is 3.89. The average Bonchev–Trinajstić information content (AvgIpc) is 2.46. The number of amides is 1. The van der Waals surface area contributed by atoms with Crippen LogP contribution in [0.25, 0.3) is 0 Å². The molecule has 4 heteroatoms. The molecule has 1 N–H and O–H groups in total. The predicted molar refractivity (Wildman–Crippen MR) is 78.7 cm³/mol. The Kier molecular flexibility index (Phi) is 4.86. The van der Waals surface area contributed by atoms with Gasteiger partial charge in [0.05, 0.1) is 0 Å². The zero-order chi connectivity index (χ0) is 13.5. The fourth-order valence-corrected chi connectivity index (χ4v) is 2.17. The Morgan fingerprint density at radius 2 is 1.84 bits per heavy atom. The zero-order valence-electron chi connectivity index (χ0n) is 10.6. The molecule has 0 atom stereocenters. The van der Waals surface area contributed by atoms with Crippen LogP contribution in [0.1, 0.15) is 5.56 Å². The second-order valence-corrected chi connectivity index (χ2v) is 4.84. The second kappa shape index (κ2) is 6.85. The van der Waals surface area contributed by atoms with Crippen LogP contribution in [0.4, 0.5) is 4.79 Å². The van der Waals surface area contributed by atoms with Gasteiger partial charge in [0.2, 0.25) is 0 Å². The van der Waals surface area contributed by atoms with E-state index in [1.165, 1.54) is 11.8 Å². The molecule has 0 spiro atoms. The van der Waals surface area contributed by atoms with E-state index in [1.54, 1.807) is 7.05 Å². The molecule has 0 radical (unpaired) electrons. The Hall–Kier alpha value is -1.94. The van der Waals surface area contributed by atoms with Crippen molar-refractivity contribution in [3.05, 3.63) is 60.2 Å². The molecular formula is C15H15NO2S. The van der Waals surface area contributed by atoms with E-state index in [1.807, 2.05) is 54.6 Å². The minimum absolute atomic E-state index is 0.0330. The molecule has 98 valence electrons. The molecule has 2 aromatic carbocycles. The van der Waals surface area contributed by atoms with E-state index in [9.17, 15) is 4.79 Å². The van der Waals surface area contributed by atoms with Gasteiger partial charge in [-0.2, -0.15) is 0 Å². The third kappa shape index (κ3) is 4.34. The topological polar surface area (TPSA) is 38.3 Å². The van der Waals surface area contributed by atoms with Crippen molar-refractivity contribution in [1.82, 2.24) is 5.32 Å². The maximum atomic E-state index is 11.2. The summed E-state index contributed by atoms with van der Waals surface area (Å²) < 4.78 is 5.74. The van der Waals surface area contributed by atoms with Gasteiger partial charge in [-0.05, 0) is 29.8 Å². The first-order valence-corrected chi connectivity index (χ1v) is 6.93. The number of nitrogens with one attached hydrogen (secondary N) is 1. The summed E-state index contributed by atoms with van der Waals surface area (Å²) in [6.07, 6.45) is 0. The quantitative estimate of drug-likeness (QED) is 0.913. The van der Waals surface area contributed by atoms with Crippen molar-refractivity contribution >= 4 is 17.0 Å². The molecule has 0 bridgehead atoms. The number of hydrogen-bond donors (Lipinski definition) is 1. The van der Waals surface area contributed by atoms with Gasteiger partial charge in [0, 0.05) is 12.8 Å². The maximum absolute atomic E-state index is 11.2. The summed E-state index contributed by atoms with van der Waals surface area (Å²) in [4.78, 5) is 11.2. The van der Waals surface area contributed by atoms with Gasteiger partial charge in [0.25, 0.3) is 5.24 Å². The number of hydrogen-bond acceptors (Lipinski definition) is 3. The molecule has 3 nitrogen and oxygen atoms in total. The van der Waals surface area contributed by atoms with Gasteiger partial charge in [-0.1, -0.05) is 42.1 Å². The van der Waals surface area contributed by atoms with Crippen LogP contribution in [-0.2, 0) is 5.75 Å². The number of benzene rings is 2. The predicted octanol–water partition coefficient (Wildman–Crippen LogP) is 4.05. The summed E-state index contributed by atoms with van der Waals surface area (Å²) in [7, 11) is 1.63. The fraction of sp³-hybridized carbons (Fsp3) is 0.133. The summed E-state index contributed by atoms with van der Waals surface area (Å²) in [5, 5.41) is 2.55. The molecule has 1 amide bonds. The smallest absolute Gasteiger partial charge is 0.279 e. The lowest BCUT2D eigenvalue weighted by atomic mass is 10.2. The van der Waals surface area contributed by atoms with Crippen LogP contribution in [0.2, 0.25) is 0 Å². The van der Waals surface area contributed by atoms with Gasteiger partial charge in [-0.15, -0.1) is 0 Å². The van der Waals surface area contributed by atoms with Crippen molar-refractivity contribution in [2.75, 3.05) is 7.05 Å². The van der Waals surface area contributed by atoms with E-state index >= 15 is 0 Å². The van der Waals surface area contributed by atoms with E-state index < -0.39 is 0 Å². The van der Waals surface area contributed by atoms with Crippen LogP contribution in [0.5, 0.6) is 11.5 Å². The Bertz CT molecular complexity index is 543. The van der Waals surface area contributed by atoms with Crippen LogP contribution in [-0.4, -0.2) is 12.3 Å². The molecule has 0 aliphatic rings. The van der Waals surface area contributed by atoms with E-state index in [4.69, 9.17) is 4.74 Å². The van der Waals surface area contributed by atoms with Crippen molar-refractivity contribution in [1.29, 1.82) is 0 Å². The number of rotatable bonds is 4. The van der Waals surface area contributed by atoms with Crippen LogP contribution >= 0.6 is 11.8 Å². The lowest BCUT2D eigenvalue weighted by Gasteiger charge is -2.07. The van der Waals surface area contributed by atoms with Crippen molar-refractivity contribution < 1.29 is 9.53 Å². The largest absolute Gasteiger partial charge is 0.457 e. The molecule has 0 fully saturated rings. The van der Waals surface area contributed by atoms with Crippen molar-refractivity contribution in [3.8, 4) is 11.5 Å². The zero-order valence-corrected chi connectivity index (χ0v) is 11.4. The lowest BCUT2D eigenvalue weighted by molar-refractivity contribution is 0.262. The molecule has 0 aliphatic carbocycles. The van der Waals surface area contributed by atoms with Crippen molar-refractivity contribution in [2.45, 2.75) is 5.75 Å². The minimum atomic E-state index is -0.0330. The summed E-state index contributed by atoms with van der Waals surface area (Å²) in [5.41, 5.74) is 1.06. The standard InChI is InChI=1S/C15H15NO2S/c1-16-15(17)19-11-12-6-5-9-14(10-12)18-13-7-3-2-4-8-13/h2-10H,11H2,1H3,(H,16,17). The first-order chi connectivity index (χ1) is 9.28. The number of para-hydroxylation sites is 1. The molecule has 0 saturated carbocycles. The highest BCUT2D eigenvalue weighted by molar-refractivity contribution is 8.12. The third-order valence-corrected chi connectivity index (χ3v) is 3.40. The van der Waals surface area contributed by atoms with E-state index in [-0.39, 0.29) is 5.24 Å². The average molecular weight is 273 g/mol. The summed E-state index contributed by atoms with van der Waals surface area (Å²) in [5.74, 6) is 2.21. The van der Waals surface area contributed by atoms with Gasteiger partial charge in [0.1, 0.15) is 11.5 Å². The van der Waals surface area contributed by atoms with Gasteiger partial charge in [0.15, 0.2) is 0 Å². The first kappa shape index (κ1) is 13.5. The van der Waals surface area contributed by atoms with Crippen LogP contribution in [0.3, 0.4) is 0 Å². The molecule has 2 aromatic rings. The number of ether oxygens (including phenoxy) is 1. The molecule has 0 saturated heterocycles. The summed E-state index contributed by atoms with van der Waals surface area (Å²) >= 11 is 1.24. The third-order valence-electron chi connectivity index (χ3n) is 2.45. The monoisotopic (exact) mass is 273 g/mol. The Morgan fingerprint density at radius 1 is 1.11 bits per heavy atom. The highest BCUT2D eigenvalue weighted by Gasteiger charge is 2.02. The molecule has 0 aromatic heterocycles. The highest BCUT2D eigenvalue weighted by Crippen LogP contribution is 2.23. The molecule has 19 heavy (non-hydrogen) atoms. The molecule has 0 aliphatic heterocycles. The molecule has 0 heterocycles. The highest BCUT2D eigenvalue weighted by atomic mass is 32.2. The summed E-state index contributed by atoms with van der Waals surface area (Å²) in [6.45, 7) is 0. The van der Waals surface area contributed by atoms with Crippen LogP contribution in [0.15, 0.2) is 54.6 Å². The van der Waals surface area contributed by atoms with Gasteiger partial charge in [-0.25, -0.2) is 0 Å². The van der Waals surface area contributed by atoms with Crippen molar-refractivity contribution in [3.63, 3.8) is 0 Å². The van der Waals surface area contributed by atoms with Gasteiger partial charge < -0.3 is 10.1 Å². The number of thioether (sulfide) groups is 1. The van der Waals surface area contributed by atoms with Crippen LogP contribution in [0, 0.1) is 0 Å². The number of carbonyl (C=O) groups excluding carboxylic acids is 1. The van der Waals surface area contributed by atoms with E-state index in [0.717, 1.165) is 17.1 Å². The molecule has 0 unspecified atom stereocenters. The Labute approximate surface area is 117 Å². The van der Waals surface area contributed by atoms with E-state index in [0.29, 0.717) is 5.75 Å². The number of carbonyl (C=O) groups is 1. The van der Waals surface area contributed by atoms with Crippen LogP contribution < -0.4 is 10.1 Å². The maximum Gasteiger partial charge on any atom is 0.279 e. The molecular weight excluding hydrogens is 258 g/mol. The van der Waals surface area contributed by atoms with E-state index in [2.05, 4.69) is 5.32 Å². The first-order valence-electron chi connectivity index (χ1n) is 5.94. The van der Waals surface area contributed by atoms with Crippen molar-refractivity contribution in [2.24, 2.45) is 0 Å². The summed E-state index contributed by atoms with van der Waals surface area (Å²) in [6, 6.07) is 17.4.